The average Bonchev–Trinajstić information content (AvgIpc) is 2.85. The molecule has 1 N–H and O–H groups in total. The Bertz CT molecular complexity index is 378. The first kappa shape index (κ1) is 14.8. The SMILES string of the molecule is CCOC(c1noc(CC2CSCCN2)n1)C(C)C. The van der Waals surface area contributed by atoms with Gasteiger partial charge in [-0.15, -0.1) is 0 Å². The molecule has 5 nitrogen and oxygen atoms in total. The van der Waals surface area contributed by atoms with Crippen LogP contribution < -0.4 is 5.32 Å². The van der Waals surface area contributed by atoms with Gasteiger partial charge in [-0.2, -0.15) is 16.7 Å². The van der Waals surface area contributed by atoms with Crippen LogP contribution in [-0.4, -0.2) is 40.8 Å². The highest BCUT2D eigenvalue weighted by Gasteiger charge is 2.23. The highest BCUT2D eigenvalue weighted by molar-refractivity contribution is 7.99. The standard InChI is InChI=1S/C13H23N3O2S/c1-4-17-12(9(2)3)13-15-11(18-16-13)7-10-8-19-6-5-14-10/h9-10,12,14H,4-8H2,1-3H3. The Morgan fingerprint density at radius 1 is 1.53 bits per heavy atom. The molecule has 1 saturated heterocycles. The van der Waals surface area contributed by atoms with Gasteiger partial charge in [0.2, 0.25) is 11.7 Å². The highest BCUT2D eigenvalue weighted by atomic mass is 32.2. The minimum Gasteiger partial charge on any atom is -0.370 e. The highest BCUT2D eigenvalue weighted by Crippen LogP contribution is 2.23. The van der Waals surface area contributed by atoms with E-state index in [0.717, 1.165) is 18.7 Å². The van der Waals surface area contributed by atoms with Gasteiger partial charge in [-0.1, -0.05) is 19.0 Å². The minimum atomic E-state index is -0.0730. The van der Waals surface area contributed by atoms with Crippen molar-refractivity contribution < 1.29 is 9.26 Å². The summed E-state index contributed by atoms with van der Waals surface area (Å²) in [6.45, 7) is 7.92. The Morgan fingerprint density at radius 2 is 2.37 bits per heavy atom. The molecule has 0 amide bonds. The molecule has 0 bridgehead atoms. The monoisotopic (exact) mass is 285 g/mol. The third kappa shape index (κ3) is 4.19. The van der Waals surface area contributed by atoms with Crippen LogP contribution in [0.5, 0.6) is 0 Å². The molecular formula is C13H23N3O2S. The molecule has 108 valence electrons. The summed E-state index contributed by atoms with van der Waals surface area (Å²) < 4.78 is 11.0. The molecule has 0 saturated carbocycles. The lowest BCUT2D eigenvalue weighted by atomic mass is 10.1. The second kappa shape index (κ2) is 7.26. The average molecular weight is 285 g/mol. The van der Waals surface area contributed by atoms with Gasteiger partial charge < -0.3 is 14.6 Å². The second-order valence-electron chi connectivity index (χ2n) is 5.10. The number of nitrogens with one attached hydrogen (secondary N) is 1. The van der Waals surface area contributed by atoms with Gasteiger partial charge in [0.15, 0.2) is 0 Å². The zero-order valence-electron chi connectivity index (χ0n) is 11.9. The summed E-state index contributed by atoms with van der Waals surface area (Å²) in [5, 5.41) is 7.55. The van der Waals surface area contributed by atoms with Crippen molar-refractivity contribution in [3.05, 3.63) is 11.7 Å². The van der Waals surface area contributed by atoms with Crippen molar-refractivity contribution in [2.75, 3.05) is 24.7 Å². The molecule has 1 aromatic heterocycles. The van der Waals surface area contributed by atoms with Crippen molar-refractivity contribution in [2.24, 2.45) is 5.92 Å². The zero-order valence-corrected chi connectivity index (χ0v) is 12.7. The molecule has 2 heterocycles. The molecule has 1 aromatic rings. The van der Waals surface area contributed by atoms with E-state index in [1.165, 1.54) is 5.75 Å². The minimum absolute atomic E-state index is 0.0730. The van der Waals surface area contributed by atoms with Gasteiger partial charge in [-0.05, 0) is 12.8 Å². The van der Waals surface area contributed by atoms with E-state index in [0.29, 0.717) is 30.3 Å². The summed E-state index contributed by atoms with van der Waals surface area (Å²) in [4.78, 5) is 4.49. The van der Waals surface area contributed by atoms with Gasteiger partial charge in [-0.3, -0.25) is 0 Å². The van der Waals surface area contributed by atoms with Gasteiger partial charge in [0.1, 0.15) is 6.10 Å². The number of aromatic nitrogens is 2. The number of ether oxygens (including phenoxy) is 1. The van der Waals surface area contributed by atoms with Crippen molar-refractivity contribution in [1.82, 2.24) is 15.5 Å². The van der Waals surface area contributed by atoms with E-state index in [4.69, 9.17) is 9.26 Å². The van der Waals surface area contributed by atoms with Crippen LogP contribution in [0.25, 0.3) is 0 Å². The molecule has 0 spiro atoms. The van der Waals surface area contributed by atoms with Crippen molar-refractivity contribution in [1.29, 1.82) is 0 Å². The summed E-state index contributed by atoms with van der Waals surface area (Å²) in [5.41, 5.74) is 0. The lowest BCUT2D eigenvalue weighted by Gasteiger charge is -2.21. The Hall–Kier alpha value is -0.590. The predicted molar refractivity (Wildman–Crippen MR) is 76.3 cm³/mol. The molecule has 1 aliphatic rings. The van der Waals surface area contributed by atoms with Crippen LogP contribution >= 0.6 is 11.8 Å². The van der Waals surface area contributed by atoms with E-state index < -0.39 is 0 Å². The first-order chi connectivity index (χ1) is 9.20. The van der Waals surface area contributed by atoms with Crippen LogP contribution in [0.2, 0.25) is 0 Å². The van der Waals surface area contributed by atoms with Crippen LogP contribution in [0.3, 0.4) is 0 Å². The number of thioether (sulfide) groups is 1. The number of rotatable bonds is 6. The van der Waals surface area contributed by atoms with Crippen LogP contribution in [-0.2, 0) is 11.2 Å². The van der Waals surface area contributed by atoms with Gasteiger partial charge >= 0.3 is 0 Å². The van der Waals surface area contributed by atoms with Crippen LogP contribution in [0.1, 0.15) is 38.6 Å². The quantitative estimate of drug-likeness (QED) is 0.863. The van der Waals surface area contributed by atoms with E-state index in [9.17, 15) is 0 Å². The van der Waals surface area contributed by atoms with Gasteiger partial charge in [0.05, 0.1) is 0 Å². The van der Waals surface area contributed by atoms with Gasteiger partial charge in [0.25, 0.3) is 0 Å². The molecule has 2 atom stereocenters. The molecule has 0 radical (unpaired) electrons. The molecule has 2 rings (SSSR count). The number of hydrogen-bond donors (Lipinski definition) is 1. The van der Waals surface area contributed by atoms with Gasteiger partial charge in [0, 0.05) is 37.1 Å². The van der Waals surface area contributed by atoms with Crippen LogP contribution in [0, 0.1) is 5.92 Å². The van der Waals surface area contributed by atoms with Crippen LogP contribution in [0.15, 0.2) is 4.52 Å². The molecular weight excluding hydrogens is 262 g/mol. The second-order valence-corrected chi connectivity index (χ2v) is 6.25. The zero-order chi connectivity index (χ0) is 13.7. The third-order valence-corrected chi connectivity index (χ3v) is 4.24. The first-order valence-electron chi connectivity index (χ1n) is 6.96. The van der Waals surface area contributed by atoms with Gasteiger partial charge in [-0.25, -0.2) is 0 Å². The van der Waals surface area contributed by atoms with E-state index in [-0.39, 0.29) is 6.10 Å². The van der Waals surface area contributed by atoms with Crippen molar-refractivity contribution >= 4 is 11.8 Å². The van der Waals surface area contributed by atoms with E-state index in [1.54, 1.807) is 0 Å². The maximum Gasteiger partial charge on any atom is 0.228 e. The predicted octanol–water partition coefficient (Wildman–Crippen LogP) is 2.05. The lowest BCUT2D eigenvalue weighted by molar-refractivity contribution is 0.0217. The molecule has 2 unspecified atom stereocenters. The maximum atomic E-state index is 5.69. The Balaban J connectivity index is 1.96. The van der Waals surface area contributed by atoms with Crippen molar-refractivity contribution in [2.45, 2.75) is 39.3 Å². The largest absolute Gasteiger partial charge is 0.370 e. The summed E-state index contributed by atoms with van der Waals surface area (Å²) in [7, 11) is 0. The molecule has 0 aromatic carbocycles. The topological polar surface area (TPSA) is 60.2 Å². The third-order valence-electron chi connectivity index (χ3n) is 3.11. The molecule has 1 fully saturated rings. The Kier molecular flexibility index (Phi) is 5.66. The fourth-order valence-corrected chi connectivity index (χ4v) is 3.12. The molecule has 6 heteroatoms. The first-order valence-corrected chi connectivity index (χ1v) is 8.11. The number of nitrogens with zero attached hydrogens (tertiary/aromatic N) is 2. The Labute approximate surface area is 118 Å². The molecule has 1 aliphatic heterocycles. The smallest absolute Gasteiger partial charge is 0.228 e. The molecule has 19 heavy (non-hydrogen) atoms. The van der Waals surface area contributed by atoms with E-state index >= 15 is 0 Å². The maximum absolute atomic E-state index is 5.69. The fraction of sp³-hybridized carbons (Fsp3) is 0.846. The number of hydrogen-bond acceptors (Lipinski definition) is 6. The summed E-state index contributed by atoms with van der Waals surface area (Å²) >= 11 is 1.97. The van der Waals surface area contributed by atoms with Crippen molar-refractivity contribution in [3.63, 3.8) is 0 Å². The van der Waals surface area contributed by atoms with E-state index in [2.05, 4.69) is 29.3 Å². The lowest BCUT2D eigenvalue weighted by Crippen LogP contribution is -2.38. The van der Waals surface area contributed by atoms with E-state index in [1.807, 2.05) is 18.7 Å². The summed E-state index contributed by atoms with van der Waals surface area (Å²) in [5.74, 6) is 4.02. The normalized spacial score (nSPS) is 21.8. The van der Waals surface area contributed by atoms with Crippen molar-refractivity contribution in [3.8, 4) is 0 Å². The fourth-order valence-electron chi connectivity index (χ4n) is 2.17. The Morgan fingerprint density at radius 3 is 3.00 bits per heavy atom. The van der Waals surface area contributed by atoms with Crippen LogP contribution in [0.4, 0.5) is 0 Å². The summed E-state index contributed by atoms with van der Waals surface area (Å²) in [6.07, 6.45) is 0.730. The summed E-state index contributed by atoms with van der Waals surface area (Å²) in [6, 6.07) is 0.441. The molecule has 0 aliphatic carbocycles.